The lowest BCUT2D eigenvalue weighted by atomic mass is 10.1. The Hall–Kier alpha value is -2.60. The molecule has 0 aliphatic rings. The number of primary amides is 1. The van der Waals surface area contributed by atoms with E-state index in [4.69, 9.17) is 5.73 Å². The van der Waals surface area contributed by atoms with E-state index in [2.05, 4.69) is 26.2 Å². The fourth-order valence-electron chi connectivity index (χ4n) is 2.33. The molecule has 1 aromatic heterocycles. The Kier molecular flexibility index (Phi) is 4.16. The SMILES string of the molecule is NC(=O)c1cccc(CNC(=O)c2cc3ccc(Br)cc3[nH]2)c1. The van der Waals surface area contributed by atoms with Crippen molar-refractivity contribution in [1.29, 1.82) is 0 Å². The van der Waals surface area contributed by atoms with Gasteiger partial charge in [0.05, 0.1) is 0 Å². The molecule has 6 heteroatoms. The largest absolute Gasteiger partial charge is 0.366 e. The van der Waals surface area contributed by atoms with E-state index < -0.39 is 5.91 Å². The summed E-state index contributed by atoms with van der Waals surface area (Å²) in [6.45, 7) is 0.318. The fraction of sp³-hybridized carbons (Fsp3) is 0.0588. The van der Waals surface area contributed by atoms with Gasteiger partial charge >= 0.3 is 0 Å². The molecule has 5 nitrogen and oxygen atoms in total. The molecular formula is C17H14BrN3O2. The van der Waals surface area contributed by atoms with Crippen LogP contribution in [-0.2, 0) is 6.54 Å². The number of carbonyl (C=O) groups is 2. The molecule has 0 spiro atoms. The van der Waals surface area contributed by atoms with Crippen LogP contribution in [0.15, 0.2) is 53.0 Å². The van der Waals surface area contributed by atoms with Crippen LogP contribution in [0.3, 0.4) is 0 Å². The molecular weight excluding hydrogens is 358 g/mol. The third kappa shape index (κ3) is 3.43. The zero-order valence-corrected chi connectivity index (χ0v) is 13.7. The molecule has 0 aliphatic heterocycles. The minimum Gasteiger partial charge on any atom is -0.366 e. The monoisotopic (exact) mass is 371 g/mol. The normalized spacial score (nSPS) is 10.7. The lowest BCUT2D eigenvalue weighted by molar-refractivity contribution is 0.0946. The van der Waals surface area contributed by atoms with Crippen molar-refractivity contribution < 1.29 is 9.59 Å². The summed E-state index contributed by atoms with van der Waals surface area (Å²) in [5, 5.41) is 3.79. The summed E-state index contributed by atoms with van der Waals surface area (Å²) in [4.78, 5) is 26.5. The lowest BCUT2D eigenvalue weighted by Gasteiger charge is -2.05. The van der Waals surface area contributed by atoms with Gasteiger partial charge in [0.2, 0.25) is 5.91 Å². The Bertz CT molecular complexity index is 902. The molecule has 0 saturated carbocycles. The second-order valence-electron chi connectivity index (χ2n) is 5.16. The number of aromatic amines is 1. The predicted octanol–water partition coefficient (Wildman–Crippen LogP) is 2.96. The van der Waals surface area contributed by atoms with Gasteiger partial charge in [-0.2, -0.15) is 0 Å². The first-order chi connectivity index (χ1) is 11.0. The van der Waals surface area contributed by atoms with Crippen LogP contribution in [0.25, 0.3) is 10.9 Å². The molecule has 2 amide bonds. The van der Waals surface area contributed by atoms with Crippen molar-refractivity contribution >= 4 is 38.6 Å². The highest BCUT2D eigenvalue weighted by atomic mass is 79.9. The van der Waals surface area contributed by atoms with Gasteiger partial charge in [-0.05, 0) is 35.9 Å². The Morgan fingerprint density at radius 3 is 2.74 bits per heavy atom. The third-order valence-corrected chi connectivity index (χ3v) is 3.99. The summed E-state index contributed by atoms with van der Waals surface area (Å²) >= 11 is 3.40. The fourth-order valence-corrected chi connectivity index (χ4v) is 2.69. The van der Waals surface area contributed by atoms with Crippen molar-refractivity contribution in [3.8, 4) is 0 Å². The van der Waals surface area contributed by atoms with E-state index in [0.29, 0.717) is 17.8 Å². The van der Waals surface area contributed by atoms with Crippen molar-refractivity contribution in [3.05, 3.63) is 69.8 Å². The van der Waals surface area contributed by atoms with E-state index in [0.717, 1.165) is 20.9 Å². The van der Waals surface area contributed by atoms with Crippen molar-refractivity contribution in [1.82, 2.24) is 10.3 Å². The number of nitrogens with two attached hydrogens (primary N) is 1. The average molecular weight is 372 g/mol. The van der Waals surface area contributed by atoms with Gasteiger partial charge in [0.25, 0.3) is 5.91 Å². The zero-order chi connectivity index (χ0) is 16.4. The minimum absolute atomic E-state index is 0.207. The topological polar surface area (TPSA) is 88.0 Å². The Morgan fingerprint density at radius 1 is 1.13 bits per heavy atom. The maximum absolute atomic E-state index is 12.2. The number of hydrogen-bond acceptors (Lipinski definition) is 2. The number of carbonyl (C=O) groups excluding carboxylic acids is 2. The third-order valence-electron chi connectivity index (χ3n) is 3.49. The van der Waals surface area contributed by atoms with Crippen LogP contribution in [0.4, 0.5) is 0 Å². The molecule has 0 saturated heterocycles. The number of fused-ring (bicyclic) bond motifs is 1. The van der Waals surface area contributed by atoms with E-state index >= 15 is 0 Å². The smallest absolute Gasteiger partial charge is 0.267 e. The molecule has 116 valence electrons. The van der Waals surface area contributed by atoms with Gasteiger partial charge in [-0.15, -0.1) is 0 Å². The van der Waals surface area contributed by atoms with E-state index in [-0.39, 0.29) is 5.91 Å². The van der Waals surface area contributed by atoms with Crippen LogP contribution in [0.2, 0.25) is 0 Å². The maximum Gasteiger partial charge on any atom is 0.267 e. The lowest BCUT2D eigenvalue weighted by Crippen LogP contribution is -2.23. The Balaban J connectivity index is 1.73. The number of aromatic nitrogens is 1. The number of hydrogen-bond donors (Lipinski definition) is 3. The van der Waals surface area contributed by atoms with Crippen molar-refractivity contribution in [2.24, 2.45) is 5.73 Å². The molecule has 4 N–H and O–H groups in total. The second kappa shape index (κ2) is 6.26. The molecule has 1 heterocycles. The first-order valence-corrected chi connectivity index (χ1v) is 7.77. The van der Waals surface area contributed by atoms with Crippen LogP contribution in [0.1, 0.15) is 26.4 Å². The maximum atomic E-state index is 12.2. The molecule has 3 aromatic rings. The van der Waals surface area contributed by atoms with Gasteiger partial charge in [-0.3, -0.25) is 9.59 Å². The zero-order valence-electron chi connectivity index (χ0n) is 12.1. The molecule has 0 fully saturated rings. The molecule has 23 heavy (non-hydrogen) atoms. The van der Waals surface area contributed by atoms with Gasteiger partial charge in [0.1, 0.15) is 5.69 Å². The molecule has 2 aromatic carbocycles. The van der Waals surface area contributed by atoms with E-state index in [9.17, 15) is 9.59 Å². The number of H-pyrrole nitrogens is 1. The Labute approximate surface area is 141 Å². The molecule has 0 atom stereocenters. The van der Waals surface area contributed by atoms with Crippen molar-refractivity contribution in [2.75, 3.05) is 0 Å². The van der Waals surface area contributed by atoms with Gasteiger partial charge in [0, 0.05) is 27.5 Å². The van der Waals surface area contributed by atoms with Gasteiger partial charge in [-0.25, -0.2) is 0 Å². The molecule has 3 rings (SSSR count). The van der Waals surface area contributed by atoms with Crippen LogP contribution in [0, 0.1) is 0 Å². The average Bonchev–Trinajstić information content (AvgIpc) is 2.96. The molecule has 0 bridgehead atoms. The van der Waals surface area contributed by atoms with Crippen molar-refractivity contribution in [2.45, 2.75) is 6.54 Å². The van der Waals surface area contributed by atoms with E-state index in [1.54, 1.807) is 24.3 Å². The van der Waals surface area contributed by atoms with Crippen LogP contribution in [-0.4, -0.2) is 16.8 Å². The number of nitrogens with one attached hydrogen (secondary N) is 2. The number of benzene rings is 2. The van der Waals surface area contributed by atoms with E-state index in [1.165, 1.54) is 0 Å². The van der Waals surface area contributed by atoms with Gasteiger partial charge in [-0.1, -0.05) is 34.1 Å². The quantitative estimate of drug-likeness (QED) is 0.658. The van der Waals surface area contributed by atoms with Crippen LogP contribution < -0.4 is 11.1 Å². The standard InChI is InChI=1S/C17H14BrN3O2/c18-13-5-4-11-7-15(21-14(11)8-13)17(23)20-9-10-2-1-3-12(6-10)16(19)22/h1-8,21H,9H2,(H2,19,22)(H,20,23). The van der Waals surface area contributed by atoms with Gasteiger partial charge < -0.3 is 16.0 Å². The highest BCUT2D eigenvalue weighted by Gasteiger charge is 2.10. The second-order valence-corrected chi connectivity index (χ2v) is 6.08. The summed E-state index contributed by atoms with van der Waals surface area (Å²) in [5.41, 5.74) is 7.87. The summed E-state index contributed by atoms with van der Waals surface area (Å²) in [6.07, 6.45) is 0. The summed E-state index contributed by atoms with van der Waals surface area (Å²) < 4.78 is 0.946. The Morgan fingerprint density at radius 2 is 1.96 bits per heavy atom. The van der Waals surface area contributed by atoms with E-state index in [1.807, 2.05) is 24.3 Å². The highest BCUT2D eigenvalue weighted by Crippen LogP contribution is 2.20. The van der Waals surface area contributed by atoms with Crippen LogP contribution >= 0.6 is 15.9 Å². The first kappa shape index (κ1) is 15.3. The minimum atomic E-state index is -0.487. The molecule has 0 unspecified atom stereocenters. The number of amides is 2. The predicted molar refractivity (Wildman–Crippen MR) is 92.1 cm³/mol. The first-order valence-electron chi connectivity index (χ1n) is 6.98. The highest BCUT2D eigenvalue weighted by molar-refractivity contribution is 9.10. The molecule has 0 radical (unpaired) electrons. The summed E-state index contributed by atoms with van der Waals surface area (Å²) in [6, 6.07) is 14.5. The van der Waals surface area contributed by atoms with Crippen LogP contribution in [0.5, 0.6) is 0 Å². The number of halogens is 1. The molecule has 0 aliphatic carbocycles. The number of rotatable bonds is 4. The van der Waals surface area contributed by atoms with Crippen molar-refractivity contribution in [3.63, 3.8) is 0 Å². The van der Waals surface area contributed by atoms with Gasteiger partial charge in [0.15, 0.2) is 0 Å². The summed E-state index contributed by atoms with van der Waals surface area (Å²) in [7, 11) is 0. The summed E-state index contributed by atoms with van der Waals surface area (Å²) in [5.74, 6) is -0.693.